The Hall–Kier alpha value is -0.903. The minimum atomic E-state index is -1.89. The van der Waals surface area contributed by atoms with Gasteiger partial charge in [0, 0.05) is 13.0 Å². The smallest absolute Gasteiger partial charge is 0.230 e. The van der Waals surface area contributed by atoms with Crippen molar-refractivity contribution in [1.82, 2.24) is 4.90 Å². The van der Waals surface area contributed by atoms with Crippen molar-refractivity contribution in [2.75, 3.05) is 6.54 Å². The molecule has 0 radical (unpaired) electrons. The summed E-state index contributed by atoms with van der Waals surface area (Å²) in [6.07, 6.45) is 3.46. The van der Waals surface area contributed by atoms with Crippen LogP contribution in [0.5, 0.6) is 0 Å². The van der Waals surface area contributed by atoms with Gasteiger partial charge >= 0.3 is 0 Å². The van der Waals surface area contributed by atoms with Crippen molar-refractivity contribution < 1.29 is 14.3 Å². The summed E-state index contributed by atoms with van der Waals surface area (Å²) in [6, 6.07) is 2.08. The maximum absolute atomic E-state index is 12.8. The molecule has 0 bridgehead atoms. The number of aliphatic hydroxyl groups excluding tert-OH is 1. The molecule has 5 atom stereocenters. The number of aliphatic hydroxyl groups is 1. The average molecular weight is 381 g/mol. The first-order valence-electron chi connectivity index (χ1n) is 10.0. The minimum Gasteiger partial charge on any atom is -0.413 e. The number of likely N-dealkylation sites (tertiary alicyclic amines) is 1. The van der Waals surface area contributed by atoms with Gasteiger partial charge in [-0.3, -0.25) is 4.79 Å². The zero-order chi connectivity index (χ0) is 19.7. The zero-order valence-corrected chi connectivity index (χ0v) is 18.3. The molecule has 0 aromatic carbocycles. The molecule has 0 spiro atoms. The summed E-state index contributed by atoms with van der Waals surface area (Å²) in [6.45, 7) is 13.8. The van der Waals surface area contributed by atoms with Crippen molar-refractivity contribution in [3.05, 3.63) is 0 Å². The fourth-order valence-corrected chi connectivity index (χ4v) is 5.45. The number of hydrogen-bond donors (Lipinski definition) is 1. The van der Waals surface area contributed by atoms with E-state index in [0.717, 1.165) is 25.7 Å². The Labute approximate surface area is 159 Å². The standard InChI is InChI=1S/C20H36N2O3Si/c1-14(25-26(5,6)20(2,3)4)16-13-22(19(16)24)17-11-7-9-15(18(17)23)10-8-12-21/h14-18,23H,7-11,13H2,1-6H3. The third kappa shape index (κ3) is 4.32. The molecule has 1 N–H and O–H groups in total. The van der Waals surface area contributed by atoms with Gasteiger partial charge in [0.05, 0.1) is 30.2 Å². The highest BCUT2D eigenvalue weighted by atomic mass is 28.4. The summed E-state index contributed by atoms with van der Waals surface area (Å²) < 4.78 is 6.41. The minimum absolute atomic E-state index is 0.0743. The number of hydrogen-bond acceptors (Lipinski definition) is 4. The lowest BCUT2D eigenvalue weighted by Gasteiger charge is -2.51. The summed E-state index contributed by atoms with van der Waals surface area (Å²) >= 11 is 0. The van der Waals surface area contributed by atoms with E-state index >= 15 is 0 Å². The molecule has 1 aliphatic carbocycles. The Morgan fingerprint density at radius 2 is 2.04 bits per heavy atom. The molecule has 2 rings (SSSR count). The number of β-lactam (4-membered cyclic amide) rings is 1. The van der Waals surface area contributed by atoms with Crippen LogP contribution in [0.25, 0.3) is 0 Å². The van der Waals surface area contributed by atoms with Gasteiger partial charge in [-0.15, -0.1) is 0 Å². The quantitative estimate of drug-likeness (QED) is 0.563. The molecule has 26 heavy (non-hydrogen) atoms. The van der Waals surface area contributed by atoms with Gasteiger partial charge in [-0.25, -0.2) is 0 Å². The fourth-order valence-electron chi connectivity index (χ4n) is 4.00. The molecule has 0 aromatic rings. The number of amides is 1. The van der Waals surface area contributed by atoms with Gasteiger partial charge in [0.1, 0.15) is 0 Å². The second-order valence-corrected chi connectivity index (χ2v) is 14.4. The summed E-state index contributed by atoms with van der Waals surface area (Å²) in [5.41, 5.74) is 0. The van der Waals surface area contributed by atoms with Crippen molar-refractivity contribution in [2.45, 2.75) is 96.2 Å². The zero-order valence-electron chi connectivity index (χ0n) is 17.3. The second-order valence-electron chi connectivity index (χ2n) is 9.63. The molecule has 2 aliphatic rings. The largest absolute Gasteiger partial charge is 0.413 e. The molecular formula is C20H36N2O3Si. The first kappa shape index (κ1) is 21.4. The summed E-state index contributed by atoms with van der Waals surface area (Å²) in [5, 5.41) is 19.6. The molecule has 148 valence electrons. The van der Waals surface area contributed by atoms with Gasteiger partial charge in [-0.05, 0) is 50.2 Å². The van der Waals surface area contributed by atoms with E-state index in [1.54, 1.807) is 0 Å². The van der Waals surface area contributed by atoms with Crippen molar-refractivity contribution in [3.8, 4) is 6.07 Å². The first-order valence-corrected chi connectivity index (χ1v) is 12.9. The monoisotopic (exact) mass is 380 g/mol. The Morgan fingerprint density at radius 1 is 1.38 bits per heavy atom. The molecule has 1 amide bonds. The summed E-state index contributed by atoms with van der Waals surface area (Å²) in [4.78, 5) is 14.7. The van der Waals surface area contributed by atoms with Crippen LogP contribution in [0.1, 0.15) is 59.8 Å². The predicted molar refractivity (Wildman–Crippen MR) is 105 cm³/mol. The fraction of sp³-hybridized carbons (Fsp3) is 0.900. The molecule has 2 fully saturated rings. The van der Waals surface area contributed by atoms with E-state index in [0.29, 0.717) is 13.0 Å². The Morgan fingerprint density at radius 3 is 2.58 bits per heavy atom. The molecular weight excluding hydrogens is 344 g/mol. The highest BCUT2D eigenvalue weighted by Crippen LogP contribution is 2.40. The van der Waals surface area contributed by atoms with Gasteiger partial charge in [0.15, 0.2) is 8.32 Å². The van der Waals surface area contributed by atoms with Crippen LogP contribution in [-0.2, 0) is 9.22 Å². The lowest BCUT2D eigenvalue weighted by Crippen LogP contribution is -2.65. The van der Waals surface area contributed by atoms with Crippen LogP contribution < -0.4 is 0 Å². The van der Waals surface area contributed by atoms with E-state index < -0.39 is 14.4 Å². The van der Waals surface area contributed by atoms with Gasteiger partial charge in [0.25, 0.3) is 0 Å². The SMILES string of the molecule is CC(O[Si](C)(C)C(C)(C)C)C1CN(C2CCCC(CCC#N)C2O)C1=O. The summed E-state index contributed by atoms with van der Waals surface area (Å²) in [5.74, 6) is 0.179. The van der Waals surface area contributed by atoms with Gasteiger partial charge < -0.3 is 14.4 Å². The van der Waals surface area contributed by atoms with Crippen LogP contribution >= 0.6 is 0 Å². The van der Waals surface area contributed by atoms with Crippen LogP contribution in [0.3, 0.4) is 0 Å². The number of carbonyl (C=O) groups is 1. The Kier molecular flexibility index (Phi) is 6.58. The van der Waals surface area contributed by atoms with Crippen molar-refractivity contribution in [2.24, 2.45) is 11.8 Å². The van der Waals surface area contributed by atoms with Crippen LogP contribution in [0.15, 0.2) is 0 Å². The highest BCUT2D eigenvalue weighted by molar-refractivity contribution is 6.74. The molecule has 6 heteroatoms. The maximum atomic E-state index is 12.8. The first-order chi connectivity index (χ1) is 12.0. The normalized spacial score (nSPS) is 31.3. The molecule has 5 nitrogen and oxygen atoms in total. The van der Waals surface area contributed by atoms with Crippen LogP contribution in [-0.4, -0.2) is 49.0 Å². The van der Waals surface area contributed by atoms with Crippen LogP contribution in [0.4, 0.5) is 0 Å². The van der Waals surface area contributed by atoms with E-state index in [1.807, 2.05) is 11.8 Å². The maximum Gasteiger partial charge on any atom is 0.230 e. The Bertz CT molecular complexity index is 552. The Balaban J connectivity index is 1.94. The van der Waals surface area contributed by atoms with E-state index in [4.69, 9.17) is 9.69 Å². The van der Waals surface area contributed by atoms with Gasteiger partial charge in [-0.2, -0.15) is 5.26 Å². The molecule has 5 unspecified atom stereocenters. The lowest BCUT2D eigenvalue weighted by molar-refractivity contribution is -0.164. The molecule has 1 saturated carbocycles. The van der Waals surface area contributed by atoms with Gasteiger partial charge in [0.2, 0.25) is 5.91 Å². The van der Waals surface area contributed by atoms with Gasteiger partial charge in [-0.1, -0.05) is 27.2 Å². The van der Waals surface area contributed by atoms with Crippen LogP contribution in [0, 0.1) is 23.2 Å². The van der Waals surface area contributed by atoms with Crippen molar-refractivity contribution in [3.63, 3.8) is 0 Å². The predicted octanol–water partition coefficient (Wildman–Crippen LogP) is 3.69. The third-order valence-electron chi connectivity index (χ3n) is 6.83. The third-order valence-corrected chi connectivity index (χ3v) is 11.4. The van der Waals surface area contributed by atoms with Crippen molar-refractivity contribution in [1.29, 1.82) is 5.26 Å². The van der Waals surface area contributed by atoms with Crippen molar-refractivity contribution >= 4 is 14.2 Å². The van der Waals surface area contributed by atoms with E-state index in [-0.39, 0.29) is 34.9 Å². The van der Waals surface area contributed by atoms with Crippen LogP contribution in [0.2, 0.25) is 18.1 Å². The summed E-state index contributed by atoms with van der Waals surface area (Å²) in [7, 11) is -1.89. The highest BCUT2D eigenvalue weighted by Gasteiger charge is 2.49. The van der Waals surface area contributed by atoms with E-state index in [1.165, 1.54) is 0 Å². The topological polar surface area (TPSA) is 73.6 Å². The number of nitrogens with zero attached hydrogens (tertiary/aromatic N) is 2. The van der Waals surface area contributed by atoms with E-state index in [2.05, 4.69) is 39.9 Å². The van der Waals surface area contributed by atoms with E-state index in [9.17, 15) is 9.90 Å². The lowest BCUT2D eigenvalue weighted by atomic mass is 9.77. The molecule has 1 aliphatic heterocycles. The number of rotatable bonds is 6. The average Bonchev–Trinajstić information content (AvgIpc) is 2.52. The second kappa shape index (κ2) is 8.00. The molecule has 0 aromatic heterocycles. The number of nitriles is 1. The number of carbonyl (C=O) groups excluding carboxylic acids is 1. The molecule has 1 saturated heterocycles. The molecule has 1 heterocycles.